The van der Waals surface area contributed by atoms with E-state index in [1.165, 1.54) is 18.4 Å². The average molecular weight is 80.1 g/mol. The summed E-state index contributed by atoms with van der Waals surface area (Å²) >= 11 is 0. The van der Waals surface area contributed by atoms with Gasteiger partial charge in [-0.15, -0.1) is 0 Å². The Hall–Kier alpha value is -0.260. The Labute approximate surface area is 37.9 Å². The van der Waals surface area contributed by atoms with E-state index < -0.39 is 0 Å². The van der Waals surface area contributed by atoms with Gasteiger partial charge in [0.25, 0.3) is 0 Å². The first-order valence-electron chi connectivity index (χ1n) is 2.58. The van der Waals surface area contributed by atoms with Gasteiger partial charge in [-0.2, -0.15) is 0 Å². The van der Waals surface area contributed by atoms with Gasteiger partial charge in [0.1, 0.15) is 0 Å². The molecule has 0 radical (unpaired) electrons. The Morgan fingerprint density at radius 1 is 1.33 bits per heavy atom. The Kier molecular flexibility index (Phi) is 0.272. The molecule has 2 fully saturated rings. The van der Waals surface area contributed by atoms with Gasteiger partial charge in [0.2, 0.25) is 0 Å². The summed E-state index contributed by atoms with van der Waals surface area (Å²) in [5.41, 5.74) is 1.54. The van der Waals surface area contributed by atoms with Crippen molar-refractivity contribution in [3.05, 3.63) is 12.2 Å². The summed E-state index contributed by atoms with van der Waals surface area (Å²) < 4.78 is 0. The number of hydrogen-bond acceptors (Lipinski definition) is 0. The third-order valence-corrected chi connectivity index (χ3v) is 2.12. The van der Waals surface area contributed by atoms with E-state index >= 15 is 0 Å². The van der Waals surface area contributed by atoms with Crippen molar-refractivity contribution in [3.8, 4) is 0 Å². The summed E-state index contributed by atoms with van der Waals surface area (Å²) in [6, 6.07) is 0. The zero-order valence-electron chi connectivity index (χ0n) is 3.78. The summed E-state index contributed by atoms with van der Waals surface area (Å²) in [5.74, 6) is 2.01. The molecule has 32 valence electrons. The summed E-state index contributed by atoms with van der Waals surface area (Å²) in [4.78, 5) is 0. The van der Waals surface area contributed by atoms with Gasteiger partial charge in [-0.05, 0) is 24.7 Å². The molecule has 0 nitrogen and oxygen atoms in total. The van der Waals surface area contributed by atoms with E-state index in [4.69, 9.17) is 0 Å². The molecule has 0 aliphatic heterocycles. The standard InChI is InChI=1S/C6H8/c1-4-5-2-3-6(4)5/h5-6H,1-3H2. The zero-order valence-corrected chi connectivity index (χ0v) is 3.78. The van der Waals surface area contributed by atoms with Crippen LogP contribution < -0.4 is 0 Å². The zero-order chi connectivity index (χ0) is 4.15. The topological polar surface area (TPSA) is 0 Å². The first-order chi connectivity index (χ1) is 2.89. The maximum Gasteiger partial charge on any atom is -0.0137 e. The molecule has 0 saturated heterocycles. The Balaban J connectivity index is 2.29. The van der Waals surface area contributed by atoms with Gasteiger partial charge >= 0.3 is 0 Å². The molecule has 0 N–H and O–H groups in total. The van der Waals surface area contributed by atoms with Gasteiger partial charge in [0, 0.05) is 0 Å². The third kappa shape index (κ3) is 0.129. The molecule has 0 aromatic rings. The highest BCUT2D eigenvalue weighted by atomic mass is 14.5. The van der Waals surface area contributed by atoms with Gasteiger partial charge in [-0.3, -0.25) is 0 Å². The van der Waals surface area contributed by atoms with Gasteiger partial charge in [0.05, 0.1) is 0 Å². The monoisotopic (exact) mass is 80.1 g/mol. The summed E-state index contributed by atoms with van der Waals surface area (Å²) in [6.45, 7) is 3.89. The van der Waals surface area contributed by atoms with Crippen LogP contribution in [0.5, 0.6) is 0 Å². The van der Waals surface area contributed by atoms with Crippen molar-refractivity contribution in [2.45, 2.75) is 12.8 Å². The highest BCUT2D eigenvalue weighted by Crippen LogP contribution is 2.59. The molecule has 2 saturated carbocycles. The first kappa shape index (κ1) is 2.84. The SMILES string of the molecule is C=C1C2CCC12. The lowest BCUT2D eigenvalue weighted by molar-refractivity contribution is 0.468. The molecular weight excluding hydrogens is 72.1 g/mol. The Morgan fingerprint density at radius 3 is 1.83 bits per heavy atom. The fraction of sp³-hybridized carbons (Fsp3) is 0.667. The van der Waals surface area contributed by atoms with E-state index in [1.54, 1.807) is 0 Å². The van der Waals surface area contributed by atoms with Crippen LogP contribution in [0.2, 0.25) is 0 Å². The van der Waals surface area contributed by atoms with Gasteiger partial charge in [0.15, 0.2) is 0 Å². The van der Waals surface area contributed by atoms with E-state index in [9.17, 15) is 0 Å². The Bertz CT molecular complexity index is 90.6. The van der Waals surface area contributed by atoms with Crippen molar-refractivity contribution in [1.29, 1.82) is 0 Å². The van der Waals surface area contributed by atoms with Crippen LogP contribution in [0.4, 0.5) is 0 Å². The van der Waals surface area contributed by atoms with E-state index in [-0.39, 0.29) is 0 Å². The molecule has 2 unspecified atom stereocenters. The Morgan fingerprint density at radius 2 is 1.83 bits per heavy atom. The van der Waals surface area contributed by atoms with Crippen LogP contribution >= 0.6 is 0 Å². The second-order valence-corrected chi connectivity index (χ2v) is 2.37. The lowest BCUT2D eigenvalue weighted by Crippen LogP contribution is -1.93. The van der Waals surface area contributed by atoms with Crippen LogP contribution in [0.1, 0.15) is 12.8 Å². The van der Waals surface area contributed by atoms with Gasteiger partial charge in [-0.25, -0.2) is 0 Å². The molecule has 2 rings (SSSR count). The predicted molar refractivity (Wildman–Crippen MR) is 25.4 cm³/mol. The smallest absolute Gasteiger partial charge is 0.0137 e. The largest absolute Gasteiger partial charge is 0.0993 e. The number of hydrogen-bond donors (Lipinski definition) is 0. The molecule has 0 heteroatoms. The van der Waals surface area contributed by atoms with Crippen LogP contribution in [0.3, 0.4) is 0 Å². The second-order valence-electron chi connectivity index (χ2n) is 2.37. The highest BCUT2D eigenvalue weighted by molar-refractivity contribution is 5.31. The number of rotatable bonds is 0. The minimum absolute atomic E-state index is 1.00. The van der Waals surface area contributed by atoms with Crippen molar-refractivity contribution in [2.24, 2.45) is 11.8 Å². The normalized spacial score (nSPS) is 50.3. The molecule has 0 aromatic heterocycles. The van der Waals surface area contributed by atoms with Crippen molar-refractivity contribution in [3.63, 3.8) is 0 Å². The van der Waals surface area contributed by atoms with Crippen LogP contribution in [-0.2, 0) is 0 Å². The fourth-order valence-corrected chi connectivity index (χ4v) is 1.32. The molecule has 0 bridgehead atoms. The molecular formula is C6H8. The van der Waals surface area contributed by atoms with Crippen LogP contribution in [0.25, 0.3) is 0 Å². The lowest BCUT2D eigenvalue weighted by Gasteiger charge is -2.03. The maximum atomic E-state index is 3.89. The highest BCUT2D eigenvalue weighted by Gasteiger charge is 2.49. The molecule has 0 spiro atoms. The first-order valence-corrected chi connectivity index (χ1v) is 2.58. The molecule has 0 aromatic carbocycles. The number of fused-ring (bicyclic) bond motifs is 1. The average Bonchev–Trinajstić information content (AvgIpc) is 1.63. The maximum absolute atomic E-state index is 3.89. The van der Waals surface area contributed by atoms with Crippen molar-refractivity contribution < 1.29 is 0 Å². The minimum atomic E-state index is 1.00. The van der Waals surface area contributed by atoms with Crippen LogP contribution in [0, 0.1) is 11.8 Å². The number of allylic oxidation sites excluding steroid dienone is 1. The van der Waals surface area contributed by atoms with E-state index in [1.807, 2.05) is 0 Å². The minimum Gasteiger partial charge on any atom is -0.0993 e. The predicted octanol–water partition coefficient (Wildman–Crippen LogP) is 1.58. The molecule has 6 heavy (non-hydrogen) atoms. The van der Waals surface area contributed by atoms with E-state index in [0.29, 0.717) is 0 Å². The fourth-order valence-electron chi connectivity index (χ4n) is 1.32. The molecule has 0 heterocycles. The molecule has 0 amide bonds. The third-order valence-electron chi connectivity index (χ3n) is 2.12. The lowest BCUT2D eigenvalue weighted by atomic mass is 10.0. The van der Waals surface area contributed by atoms with Gasteiger partial charge in [-0.1, -0.05) is 12.2 Å². The second kappa shape index (κ2) is 0.575. The molecule has 2 aliphatic carbocycles. The van der Waals surface area contributed by atoms with Gasteiger partial charge < -0.3 is 0 Å². The van der Waals surface area contributed by atoms with Crippen molar-refractivity contribution >= 4 is 0 Å². The summed E-state index contributed by atoms with van der Waals surface area (Å²) in [5, 5.41) is 0. The van der Waals surface area contributed by atoms with Crippen molar-refractivity contribution in [1.82, 2.24) is 0 Å². The van der Waals surface area contributed by atoms with Crippen LogP contribution in [0.15, 0.2) is 12.2 Å². The van der Waals surface area contributed by atoms with Crippen LogP contribution in [-0.4, -0.2) is 0 Å². The molecule has 2 aliphatic rings. The summed E-state index contributed by atoms with van der Waals surface area (Å²) in [7, 11) is 0. The van der Waals surface area contributed by atoms with E-state index in [2.05, 4.69) is 6.58 Å². The quantitative estimate of drug-likeness (QED) is 0.387. The van der Waals surface area contributed by atoms with E-state index in [0.717, 1.165) is 11.8 Å². The summed E-state index contributed by atoms with van der Waals surface area (Å²) in [6.07, 6.45) is 2.90. The van der Waals surface area contributed by atoms with Crippen molar-refractivity contribution in [2.75, 3.05) is 0 Å². The molecule has 2 atom stereocenters.